The zero-order valence-corrected chi connectivity index (χ0v) is 10.6. The lowest BCUT2D eigenvalue weighted by molar-refractivity contribution is 0.00698. The van der Waals surface area contributed by atoms with Gasteiger partial charge in [0.1, 0.15) is 11.4 Å². The van der Waals surface area contributed by atoms with Crippen LogP contribution in [0.4, 0.5) is 0 Å². The second-order valence-electron chi connectivity index (χ2n) is 4.35. The van der Waals surface area contributed by atoms with Crippen molar-refractivity contribution in [3.8, 4) is 5.75 Å². The SMILES string of the molecule is COc1ccc(C(=O)OC(C)(C)C)c(Cl)c1. The minimum atomic E-state index is -0.527. The zero-order chi connectivity index (χ0) is 12.3. The van der Waals surface area contributed by atoms with E-state index in [9.17, 15) is 4.79 Å². The number of methoxy groups -OCH3 is 1. The number of rotatable bonds is 2. The molecule has 0 aliphatic carbocycles. The van der Waals surface area contributed by atoms with Crippen molar-refractivity contribution < 1.29 is 14.3 Å². The van der Waals surface area contributed by atoms with E-state index in [-0.39, 0.29) is 0 Å². The third-order valence-corrected chi connectivity index (χ3v) is 2.11. The molecular weight excluding hydrogens is 228 g/mol. The van der Waals surface area contributed by atoms with Gasteiger partial charge in [-0.05, 0) is 39.0 Å². The molecular formula is C12H15ClO3. The second-order valence-corrected chi connectivity index (χ2v) is 4.75. The molecule has 1 aromatic carbocycles. The van der Waals surface area contributed by atoms with Crippen molar-refractivity contribution in [2.45, 2.75) is 26.4 Å². The Labute approximate surface area is 100 Å². The number of benzene rings is 1. The van der Waals surface area contributed by atoms with Crippen LogP contribution in [0.2, 0.25) is 5.02 Å². The van der Waals surface area contributed by atoms with Gasteiger partial charge >= 0.3 is 5.97 Å². The van der Waals surface area contributed by atoms with Crippen LogP contribution in [0.1, 0.15) is 31.1 Å². The molecule has 0 atom stereocenters. The zero-order valence-electron chi connectivity index (χ0n) is 9.83. The summed E-state index contributed by atoms with van der Waals surface area (Å²) in [5.74, 6) is 0.178. The summed E-state index contributed by atoms with van der Waals surface area (Å²) in [4.78, 5) is 11.7. The highest BCUT2D eigenvalue weighted by Crippen LogP contribution is 2.24. The molecule has 16 heavy (non-hydrogen) atoms. The van der Waals surface area contributed by atoms with Gasteiger partial charge in [0.2, 0.25) is 0 Å². The van der Waals surface area contributed by atoms with E-state index >= 15 is 0 Å². The molecule has 0 radical (unpaired) electrons. The van der Waals surface area contributed by atoms with E-state index in [0.29, 0.717) is 16.3 Å². The number of hydrogen-bond donors (Lipinski definition) is 0. The lowest BCUT2D eigenvalue weighted by Crippen LogP contribution is -2.24. The number of halogens is 1. The van der Waals surface area contributed by atoms with E-state index < -0.39 is 11.6 Å². The van der Waals surface area contributed by atoms with Crippen molar-refractivity contribution in [1.29, 1.82) is 0 Å². The average Bonchev–Trinajstić information content (AvgIpc) is 2.14. The Morgan fingerprint density at radius 2 is 1.94 bits per heavy atom. The molecule has 0 aliphatic heterocycles. The molecule has 3 nitrogen and oxygen atoms in total. The van der Waals surface area contributed by atoms with E-state index in [2.05, 4.69) is 0 Å². The van der Waals surface area contributed by atoms with Crippen LogP contribution in [-0.4, -0.2) is 18.7 Å². The van der Waals surface area contributed by atoms with E-state index in [1.165, 1.54) is 0 Å². The summed E-state index contributed by atoms with van der Waals surface area (Å²) >= 11 is 5.95. The molecule has 0 saturated heterocycles. The van der Waals surface area contributed by atoms with Gasteiger partial charge in [-0.15, -0.1) is 0 Å². The van der Waals surface area contributed by atoms with Crippen molar-refractivity contribution >= 4 is 17.6 Å². The summed E-state index contributed by atoms with van der Waals surface area (Å²) in [6, 6.07) is 4.85. The summed E-state index contributed by atoms with van der Waals surface area (Å²) < 4.78 is 10.2. The Bertz CT molecular complexity index is 394. The van der Waals surface area contributed by atoms with E-state index in [1.54, 1.807) is 25.3 Å². The first-order valence-electron chi connectivity index (χ1n) is 4.90. The number of carbonyl (C=O) groups excluding carboxylic acids is 1. The number of esters is 1. The van der Waals surface area contributed by atoms with Crippen LogP contribution in [0, 0.1) is 0 Å². The molecule has 0 saturated carbocycles. The molecule has 0 N–H and O–H groups in total. The third-order valence-electron chi connectivity index (χ3n) is 1.80. The van der Waals surface area contributed by atoms with Crippen molar-refractivity contribution in [2.75, 3.05) is 7.11 Å². The molecule has 0 heterocycles. The van der Waals surface area contributed by atoms with Crippen LogP contribution >= 0.6 is 11.6 Å². The van der Waals surface area contributed by atoms with Crippen LogP contribution in [0.5, 0.6) is 5.75 Å². The topological polar surface area (TPSA) is 35.5 Å². The van der Waals surface area contributed by atoms with Gasteiger partial charge < -0.3 is 9.47 Å². The monoisotopic (exact) mass is 242 g/mol. The maximum absolute atomic E-state index is 11.7. The van der Waals surface area contributed by atoms with Crippen LogP contribution in [0.3, 0.4) is 0 Å². The minimum absolute atomic E-state index is 0.327. The van der Waals surface area contributed by atoms with E-state index in [1.807, 2.05) is 20.8 Å². The molecule has 0 spiro atoms. The van der Waals surface area contributed by atoms with Gasteiger partial charge in [-0.2, -0.15) is 0 Å². The van der Waals surface area contributed by atoms with Crippen LogP contribution in [0.15, 0.2) is 18.2 Å². The predicted molar refractivity (Wildman–Crippen MR) is 63.2 cm³/mol. The minimum Gasteiger partial charge on any atom is -0.497 e. The molecule has 0 amide bonds. The normalized spacial score (nSPS) is 11.1. The predicted octanol–water partition coefficient (Wildman–Crippen LogP) is 3.30. The third kappa shape index (κ3) is 3.42. The standard InChI is InChI=1S/C12H15ClO3/c1-12(2,3)16-11(14)9-6-5-8(15-4)7-10(9)13/h5-7H,1-4H3. The molecule has 0 aromatic heterocycles. The quantitative estimate of drug-likeness (QED) is 0.747. The van der Waals surface area contributed by atoms with Gasteiger partial charge in [-0.1, -0.05) is 11.6 Å². The van der Waals surface area contributed by atoms with Gasteiger partial charge in [0.15, 0.2) is 0 Å². The Morgan fingerprint density at radius 1 is 1.31 bits per heavy atom. The van der Waals surface area contributed by atoms with Crippen molar-refractivity contribution in [1.82, 2.24) is 0 Å². The average molecular weight is 243 g/mol. The lowest BCUT2D eigenvalue weighted by atomic mass is 10.1. The number of carbonyl (C=O) groups is 1. The maximum atomic E-state index is 11.7. The largest absolute Gasteiger partial charge is 0.497 e. The summed E-state index contributed by atoms with van der Waals surface area (Å²) in [5, 5.41) is 0.327. The summed E-state index contributed by atoms with van der Waals surface area (Å²) in [6.07, 6.45) is 0. The summed E-state index contributed by atoms with van der Waals surface area (Å²) in [7, 11) is 1.54. The van der Waals surface area contributed by atoms with Gasteiger partial charge in [-0.3, -0.25) is 0 Å². The number of hydrogen-bond acceptors (Lipinski definition) is 3. The Balaban J connectivity index is 2.93. The fraction of sp³-hybridized carbons (Fsp3) is 0.417. The lowest BCUT2D eigenvalue weighted by Gasteiger charge is -2.19. The van der Waals surface area contributed by atoms with E-state index in [0.717, 1.165) is 0 Å². The molecule has 88 valence electrons. The first-order valence-corrected chi connectivity index (χ1v) is 5.28. The maximum Gasteiger partial charge on any atom is 0.340 e. The molecule has 0 bridgehead atoms. The fourth-order valence-corrected chi connectivity index (χ4v) is 1.37. The molecule has 0 unspecified atom stereocenters. The first-order chi connectivity index (χ1) is 7.33. The van der Waals surface area contributed by atoms with Crippen LogP contribution < -0.4 is 4.74 Å². The molecule has 0 fully saturated rings. The smallest absolute Gasteiger partial charge is 0.340 e. The first kappa shape index (κ1) is 12.8. The summed E-state index contributed by atoms with van der Waals surface area (Å²) in [5.41, 5.74) is -0.183. The highest BCUT2D eigenvalue weighted by molar-refractivity contribution is 6.33. The Hall–Kier alpha value is -1.22. The molecule has 4 heteroatoms. The van der Waals surface area contributed by atoms with Gasteiger partial charge in [0.05, 0.1) is 17.7 Å². The highest BCUT2D eigenvalue weighted by atomic mass is 35.5. The van der Waals surface area contributed by atoms with E-state index in [4.69, 9.17) is 21.1 Å². The highest BCUT2D eigenvalue weighted by Gasteiger charge is 2.20. The van der Waals surface area contributed by atoms with Crippen molar-refractivity contribution in [2.24, 2.45) is 0 Å². The molecule has 1 aromatic rings. The van der Waals surface area contributed by atoms with Crippen LogP contribution in [-0.2, 0) is 4.74 Å². The van der Waals surface area contributed by atoms with Gasteiger partial charge in [0, 0.05) is 0 Å². The molecule has 0 aliphatic rings. The van der Waals surface area contributed by atoms with Crippen molar-refractivity contribution in [3.05, 3.63) is 28.8 Å². The van der Waals surface area contributed by atoms with Crippen molar-refractivity contribution in [3.63, 3.8) is 0 Å². The fourth-order valence-electron chi connectivity index (χ4n) is 1.12. The van der Waals surface area contributed by atoms with Gasteiger partial charge in [-0.25, -0.2) is 4.79 Å². The van der Waals surface area contributed by atoms with Gasteiger partial charge in [0.25, 0.3) is 0 Å². The molecule has 1 rings (SSSR count). The number of ether oxygens (including phenoxy) is 2. The Kier molecular flexibility index (Phi) is 3.81. The van der Waals surface area contributed by atoms with Crippen LogP contribution in [0.25, 0.3) is 0 Å². The second kappa shape index (κ2) is 4.74. The Morgan fingerprint density at radius 3 is 2.38 bits per heavy atom. The summed E-state index contributed by atoms with van der Waals surface area (Å²) in [6.45, 7) is 5.42.